The molecule has 2 aliphatic rings. The highest BCUT2D eigenvalue weighted by atomic mass is 16.2. The highest BCUT2D eigenvalue weighted by Gasteiger charge is 2.41. The van der Waals surface area contributed by atoms with E-state index in [2.05, 4.69) is 31.0 Å². The quantitative estimate of drug-likeness (QED) is 0.798. The van der Waals surface area contributed by atoms with Crippen molar-refractivity contribution >= 4 is 5.91 Å². The van der Waals surface area contributed by atoms with Crippen molar-refractivity contribution in [3.63, 3.8) is 0 Å². The van der Waals surface area contributed by atoms with Crippen LogP contribution in [0.15, 0.2) is 0 Å². The zero-order chi connectivity index (χ0) is 12.5. The maximum Gasteiger partial charge on any atom is 0.241 e. The number of nitrogens with zero attached hydrogens (tertiary/aromatic N) is 1. The van der Waals surface area contributed by atoms with Crippen LogP contribution in [-0.2, 0) is 4.79 Å². The number of unbranched alkanes of at least 4 members (excludes halogenated alkanes) is 1. The first-order valence-corrected chi connectivity index (χ1v) is 7.12. The minimum Gasteiger partial charge on any atom is -0.326 e. The van der Waals surface area contributed by atoms with E-state index in [-0.39, 0.29) is 12.2 Å². The van der Waals surface area contributed by atoms with Gasteiger partial charge in [-0.1, -0.05) is 33.1 Å². The lowest BCUT2D eigenvalue weighted by molar-refractivity contribution is -0.132. The molecule has 1 N–H and O–H groups in total. The zero-order valence-electron chi connectivity index (χ0n) is 11.5. The molecule has 0 aromatic carbocycles. The van der Waals surface area contributed by atoms with Gasteiger partial charge in [-0.3, -0.25) is 10.1 Å². The predicted octanol–water partition coefficient (Wildman–Crippen LogP) is 2.51. The molecule has 0 aromatic rings. The van der Waals surface area contributed by atoms with Gasteiger partial charge in [-0.05, 0) is 31.6 Å². The lowest BCUT2D eigenvalue weighted by Gasteiger charge is -2.42. The van der Waals surface area contributed by atoms with Gasteiger partial charge in [0.25, 0.3) is 0 Å². The van der Waals surface area contributed by atoms with E-state index in [4.69, 9.17) is 0 Å². The third kappa shape index (κ3) is 2.65. The molecular formula is C14H26N2O. The van der Waals surface area contributed by atoms with Gasteiger partial charge in [0.1, 0.15) is 0 Å². The Kier molecular flexibility index (Phi) is 3.76. The van der Waals surface area contributed by atoms with Gasteiger partial charge in [-0.25, -0.2) is 0 Å². The van der Waals surface area contributed by atoms with E-state index in [1.807, 2.05) is 0 Å². The van der Waals surface area contributed by atoms with Crippen molar-refractivity contribution < 1.29 is 4.79 Å². The minimum atomic E-state index is 0.0774. The first-order valence-electron chi connectivity index (χ1n) is 7.12. The summed E-state index contributed by atoms with van der Waals surface area (Å²) in [4.78, 5) is 14.4. The Morgan fingerprint density at radius 3 is 2.71 bits per heavy atom. The molecule has 2 rings (SSSR count). The number of hydrogen-bond donors (Lipinski definition) is 1. The lowest BCUT2D eigenvalue weighted by atomic mass is 9.70. The number of rotatable bonds is 5. The largest absolute Gasteiger partial charge is 0.326 e. The standard InChI is InChI=1S/C14H26N2O/c1-4-5-7-12-13(17)16(11(2)15-12)10-14(3)8-6-9-14/h11-12,15H,4-10H2,1-3H3. The van der Waals surface area contributed by atoms with Crippen molar-refractivity contribution in [3.05, 3.63) is 0 Å². The normalized spacial score (nSPS) is 31.7. The number of carbonyl (C=O) groups excluding carboxylic acids is 1. The molecule has 98 valence electrons. The fourth-order valence-corrected chi connectivity index (χ4v) is 3.02. The summed E-state index contributed by atoms with van der Waals surface area (Å²) in [6.07, 6.45) is 7.42. The van der Waals surface area contributed by atoms with Gasteiger partial charge in [-0.2, -0.15) is 0 Å². The first-order chi connectivity index (χ1) is 8.06. The Morgan fingerprint density at radius 1 is 1.47 bits per heavy atom. The SMILES string of the molecule is CCCCC1NC(C)N(CC2(C)CCC2)C1=O. The van der Waals surface area contributed by atoms with Gasteiger partial charge in [0.15, 0.2) is 0 Å². The van der Waals surface area contributed by atoms with Crippen LogP contribution >= 0.6 is 0 Å². The molecule has 3 heteroatoms. The van der Waals surface area contributed by atoms with Crippen LogP contribution in [0.3, 0.4) is 0 Å². The van der Waals surface area contributed by atoms with Crippen LogP contribution in [0.25, 0.3) is 0 Å². The van der Waals surface area contributed by atoms with E-state index >= 15 is 0 Å². The number of amides is 1. The average Bonchev–Trinajstić information content (AvgIpc) is 2.51. The number of nitrogens with one attached hydrogen (secondary N) is 1. The van der Waals surface area contributed by atoms with Crippen molar-refractivity contribution in [2.24, 2.45) is 5.41 Å². The van der Waals surface area contributed by atoms with Gasteiger partial charge < -0.3 is 4.90 Å². The molecule has 1 saturated carbocycles. The average molecular weight is 238 g/mol. The third-order valence-corrected chi connectivity index (χ3v) is 4.45. The first kappa shape index (κ1) is 12.9. The summed E-state index contributed by atoms with van der Waals surface area (Å²) in [5.74, 6) is 0.332. The van der Waals surface area contributed by atoms with Crippen molar-refractivity contribution in [1.82, 2.24) is 10.2 Å². The highest BCUT2D eigenvalue weighted by Crippen LogP contribution is 2.41. The summed E-state index contributed by atoms with van der Waals surface area (Å²) in [6, 6.07) is 0.0774. The van der Waals surface area contributed by atoms with Crippen molar-refractivity contribution in [2.45, 2.75) is 71.5 Å². The maximum absolute atomic E-state index is 12.3. The van der Waals surface area contributed by atoms with Crippen LogP contribution in [0.2, 0.25) is 0 Å². The van der Waals surface area contributed by atoms with Crippen molar-refractivity contribution in [3.8, 4) is 0 Å². The van der Waals surface area contributed by atoms with E-state index in [1.165, 1.54) is 19.3 Å². The fourth-order valence-electron chi connectivity index (χ4n) is 3.02. The van der Waals surface area contributed by atoms with Crippen LogP contribution in [0.1, 0.15) is 59.3 Å². The highest BCUT2D eigenvalue weighted by molar-refractivity contribution is 5.84. The summed E-state index contributed by atoms with van der Waals surface area (Å²) in [6.45, 7) is 7.56. The van der Waals surface area contributed by atoms with E-state index in [9.17, 15) is 4.79 Å². The molecule has 17 heavy (non-hydrogen) atoms. The van der Waals surface area contributed by atoms with Crippen LogP contribution in [0, 0.1) is 5.41 Å². The maximum atomic E-state index is 12.3. The summed E-state index contributed by atoms with van der Waals surface area (Å²) in [5.41, 5.74) is 0.394. The van der Waals surface area contributed by atoms with E-state index < -0.39 is 0 Å². The number of hydrogen-bond acceptors (Lipinski definition) is 2. The second kappa shape index (κ2) is 4.97. The monoisotopic (exact) mass is 238 g/mol. The van der Waals surface area contributed by atoms with Gasteiger partial charge in [0, 0.05) is 6.54 Å². The van der Waals surface area contributed by atoms with Crippen LogP contribution in [-0.4, -0.2) is 29.6 Å². The van der Waals surface area contributed by atoms with Crippen LogP contribution in [0.5, 0.6) is 0 Å². The van der Waals surface area contributed by atoms with Crippen molar-refractivity contribution in [1.29, 1.82) is 0 Å². The minimum absolute atomic E-state index is 0.0774. The molecule has 1 amide bonds. The van der Waals surface area contributed by atoms with Crippen LogP contribution in [0.4, 0.5) is 0 Å². The molecule has 1 aliphatic heterocycles. The van der Waals surface area contributed by atoms with Gasteiger partial charge in [-0.15, -0.1) is 0 Å². The van der Waals surface area contributed by atoms with Gasteiger partial charge in [0.2, 0.25) is 5.91 Å². The van der Waals surface area contributed by atoms with Gasteiger partial charge in [0.05, 0.1) is 12.2 Å². The fraction of sp³-hybridized carbons (Fsp3) is 0.929. The van der Waals surface area contributed by atoms with Crippen molar-refractivity contribution in [2.75, 3.05) is 6.54 Å². The Morgan fingerprint density at radius 2 is 2.18 bits per heavy atom. The molecule has 2 atom stereocenters. The predicted molar refractivity (Wildman–Crippen MR) is 69.6 cm³/mol. The molecule has 0 bridgehead atoms. The molecule has 1 heterocycles. The molecular weight excluding hydrogens is 212 g/mol. The summed E-state index contributed by atoms with van der Waals surface area (Å²) < 4.78 is 0. The Labute approximate surface area is 105 Å². The summed E-state index contributed by atoms with van der Waals surface area (Å²) >= 11 is 0. The summed E-state index contributed by atoms with van der Waals surface area (Å²) in [7, 11) is 0. The molecule has 2 fully saturated rings. The Balaban J connectivity index is 1.91. The van der Waals surface area contributed by atoms with Crippen LogP contribution < -0.4 is 5.32 Å². The van der Waals surface area contributed by atoms with E-state index in [1.54, 1.807) is 0 Å². The molecule has 1 saturated heterocycles. The lowest BCUT2D eigenvalue weighted by Crippen LogP contribution is -2.45. The Bertz CT molecular complexity index is 286. The molecule has 0 aromatic heterocycles. The smallest absolute Gasteiger partial charge is 0.241 e. The molecule has 1 aliphatic carbocycles. The molecule has 0 radical (unpaired) electrons. The van der Waals surface area contributed by atoms with Gasteiger partial charge >= 0.3 is 0 Å². The second-order valence-electron chi connectivity index (χ2n) is 6.17. The Hall–Kier alpha value is -0.570. The molecule has 3 nitrogen and oxygen atoms in total. The topological polar surface area (TPSA) is 32.3 Å². The second-order valence-corrected chi connectivity index (χ2v) is 6.17. The molecule has 0 spiro atoms. The van der Waals surface area contributed by atoms with E-state index in [0.717, 1.165) is 25.8 Å². The number of carbonyl (C=O) groups is 1. The summed E-state index contributed by atoms with van der Waals surface area (Å²) in [5, 5.41) is 3.44. The third-order valence-electron chi connectivity index (χ3n) is 4.45. The molecule has 2 unspecified atom stereocenters. The van der Waals surface area contributed by atoms with E-state index in [0.29, 0.717) is 11.3 Å². The zero-order valence-corrected chi connectivity index (χ0v) is 11.5.